The molecule has 75 heavy (non-hydrogen) atoms. The smallest absolute Gasteiger partial charge is 0.285 e. The van der Waals surface area contributed by atoms with Gasteiger partial charge in [0, 0.05) is 12.8 Å². The molecule has 0 N–H and O–H groups in total. The van der Waals surface area contributed by atoms with Gasteiger partial charge in [-0.3, -0.25) is 9.47 Å². The van der Waals surface area contributed by atoms with Gasteiger partial charge in [0.2, 0.25) is 0 Å². The molecule has 0 aliphatic carbocycles. The predicted molar refractivity (Wildman–Crippen MR) is 319 cm³/mol. The van der Waals surface area contributed by atoms with E-state index in [2.05, 4.69) is 55.4 Å². The average molecular weight is 1070 g/mol. The first-order valence-electron chi connectivity index (χ1n) is 33.7. The van der Waals surface area contributed by atoms with E-state index in [4.69, 9.17) is 42.6 Å². The Balaban J connectivity index is 6.14. The summed E-state index contributed by atoms with van der Waals surface area (Å²) >= 11 is 0. The molecule has 0 aromatic heterocycles. The summed E-state index contributed by atoms with van der Waals surface area (Å²) in [6, 6.07) is 0. The van der Waals surface area contributed by atoms with Gasteiger partial charge in [0.25, 0.3) is 11.9 Å². The number of unbranched alkanes of at least 4 members (excludes halogenated alkanes) is 36. The second kappa shape index (κ2) is 59.8. The van der Waals surface area contributed by atoms with Crippen molar-refractivity contribution < 1.29 is 42.6 Å². The minimum Gasteiger partial charge on any atom is -0.329 e. The lowest BCUT2D eigenvalue weighted by Crippen LogP contribution is -2.44. The summed E-state index contributed by atoms with van der Waals surface area (Å²) in [5.41, 5.74) is 0. The predicted octanol–water partition coefficient (Wildman–Crippen LogP) is 21.9. The summed E-state index contributed by atoms with van der Waals surface area (Å²) in [6.45, 7) is 20.7. The molecule has 0 amide bonds. The Labute approximate surface area is 468 Å². The van der Waals surface area contributed by atoms with Crippen molar-refractivity contribution in [3.05, 3.63) is 0 Å². The van der Waals surface area contributed by atoms with Crippen LogP contribution in [0.4, 0.5) is 0 Å². The molecule has 0 heterocycles. The molecule has 0 aromatic carbocycles. The summed E-state index contributed by atoms with van der Waals surface area (Å²) in [5, 5.41) is 0. The van der Waals surface area contributed by atoms with Crippen LogP contribution in [0.5, 0.6) is 0 Å². The molecule has 0 aliphatic heterocycles. The summed E-state index contributed by atoms with van der Waals surface area (Å²) in [5.74, 6) is -2.29. The van der Waals surface area contributed by atoms with Crippen LogP contribution >= 0.6 is 0 Å². The Hall–Kier alpha value is -0.360. The molecular formula is C66H134O9. The summed E-state index contributed by atoms with van der Waals surface area (Å²) in [7, 11) is 0. The Morgan fingerprint density at radius 1 is 0.240 bits per heavy atom. The highest BCUT2D eigenvalue weighted by Gasteiger charge is 2.38. The van der Waals surface area contributed by atoms with Gasteiger partial charge in [-0.25, -0.2) is 0 Å². The van der Waals surface area contributed by atoms with Crippen LogP contribution < -0.4 is 0 Å². The van der Waals surface area contributed by atoms with E-state index in [0.29, 0.717) is 39.3 Å². The van der Waals surface area contributed by atoms with E-state index >= 15 is 0 Å². The lowest BCUT2D eigenvalue weighted by Gasteiger charge is -2.37. The number of hydrogen-bond donors (Lipinski definition) is 0. The van der Waals surface area contributed by atoms with Crippen LogP contribution in [0.2, 0.25) is 0 Å². The molecule has 0 aliphatic rings. The fourth-order valence-electron chi connectivity index (χ4n) is 9.79. The summed E-state index contributed by atoms with van der Waals surface area (Å²) in [4.78, 5) is 0. The fraction of sp³-hybridized carbons (Fsp3) is 1.00. The van der Waals surface area contributed by atoms with Gasteiger partial charge in [-0.1, -0.05) is 287 Å². The number of rotatable bonds is 66. The first-order chi connectivity index (χ1) is 36.9. The third kappa shape index (κ3) is 49.2. The van der Waals surface area contributed by atoms with Crippen molar-refractivity contribution in [1.82, 2.24) is 0 Å². The molecule has 2 atom stereocenters. The molecule has 0 bridgehead atoms. The van der Waals surface area contributed by atoms with E-state index < -0.39 is 24.5 Å². The SMILES string of the molecule is CCCCCCCCCCOC(CCCCCC)(OCCCCCCCCCC)OC(CCCC)OCOCOC(CCCC)OC(CCCCCC)(OCCCCCCCCCC)OCCCCCCCCCC. The third-order valence-electron chi connectivity index (χ3n) is 14.8. The standard InChI is InChI=1S/C66H134O9/c1-9-17-25-31-35-39-43-49-57-70-65(55-47-29-21-13-5,71-58-50-44-40-36-32-26-18-10-2)74-63(53-23-15-7)68-61-67-62-69-64(54-24-16-8)75-66(56-48-30-22-14-6,72-59-51-45-41-37-33-27-19-11-3)73-60-52-46-42-38-34-28-20-12-4/h63-64H,9-62H2,1-8H3. The zero-order valence-electron chi connectivity index (χ0n) is 52.0. The van der Waals surface area contributed by atoms with Gasteiger partial charge in [-0.2, -0.15) is 0 Å². The van der Waals surface area contributed by atoms with E-state index in [0.717, 1.165) is 89.9 Å². The normalized spacial score (nSPS) is 13.1. The molecule has 9 heteroatoms. The second-order valence-electron chi connectivity index (χ2n) is 22.4. The molecule has 0 radical (unpaired) electrons. The van der Waals surface area contributed by atoms with Crippen molar-refractivity contribution in [2.75, 3.05) is 40.0 Å². The van der Waals surface area contributed by atoms with Gasteiger partial charge >= 0.3 is 0 Å². The highest BCUT2D eigenvalue weighted by molar-refractivity contribution is 4.66. The van der Waals surface area contributed by atoms with Gasteiger partial charge in [0.05, 0.1) is 26.4 Å². The molecule has 9 nitrogen and oxygen atoms in total. The van der Waals surface area contributed by atoms with Gasteiger partial charge in [0.1, 0.15) is 0 Å². The van der Waals surface area contributed by atoms with Gasteiger partial charge in [-0.05, 0) is 64.2 Å². The minimum absolute atomic E-state index is 0.0307. The van der Waals surface area contributed by atoms with E-state index in [1.54, 1.807) is 0 Å². The Morgan fingerprint density at radius 3 is 0.693 bits per heavy atom. The third-order valence-corrected chi connectivity index (χ3v) is 14.8. The molecule has 0 fully saturated rings. The maximum atomic E-state index is 6.99. The van der Waals surface area contributed by atoms with Gasteiger partial charge < -0.3 is 33.2 Å². The molecule has 0 rings (SSSR count). The maximum Gasteiger partial charge on any atom is 0.285 e. The van der Waals surface area contributed by atoms with Crippen LogP contribution in [0, 0.1) is 0 Å². The second-order valence-corrected chi connectivity index (χ2v) is 22.4. The van der Waals surface area contributed by atoms with Gasteiger partial charge in [0.15, 0.2) is 26.2 Å². The molecule has 452 valence electrons. The van der Waals surface area contributed by atoms with Crippen LogP contribution in [-0.4, -0.2) is 64.5 Å². The first-order valence-corrected chi connectivity index (χ1v) is 33.7. The molecule has 0 spiro atoms. The van der Waals surface area contributed by atoms with E-state index in [1.165, 1.54) is 205 Å². The van der Waals surface area contributed by atoms with Crippen LogP contribution in [0.3, 0.4) is 0 Å². The highest BCUT2D eigenvalue weighted by atomic mass is 16.9. The van der Waals surface area contributed by atoms with Crippen LogP contribution in [0.15, 0.2) is 0 Å². The van der Waals surface area contributed by atoms with Crippen molar-refractivity contribution in [2.45, 2.75) is 388 Å². The molecule has 0 saturated carbocycles. The van der Waals surface area contributed by atoms with Gasteiger partial charge in [-0.15, -0.1) is 0 Å². The van der Waals surface area contributed by atoms with E-state index in [1.807, 2.05) is 0 Å². The largest absolute Gasteiger partial charge is 0.329 e. The first kappa shape index (κ1) is 74.6. The fourth-order valence-corrected chi connectivity index (χ4v) is 9.79. The molecule has 2 unspecified atom stereocenters. The molecular weight excluding hydrogens is 937 g/mol. The topological polar surface area (TPSA) is 83.1 Å². The van der Waals surface area contributed by atoms with Crippen molar-refractivity contribution >= 4 is 0 Å². The quantitative estimate of drug-likeness (QED) is 0.0437. The zero-order valence-corrected chi connectivity index (χ0v) is 52.0. The number of ether oxygens (including phenoxy) is 9. The zero-order chi connectivity index (χ0) is 54.7. The molecule has 0 aromatic rings. The minimum atomic E-state index is -1.15. The maximum absolute atomic E-state index is 6.99. The highest BCUT2D eigenvalue weighted by Crippen LogP contribution is 2.31. The van der Waals surface area contributed by atoms with E-state index in [-0.39, 0.29) is 13.6 Å². The lowest BCUT2D eigenvalue weighted by atomic mass is 10.1. The van der Waals surface area contributed by atoms with Crippen molar-refractivity contribution in [2.24, 2.45) is 0 Å². The van der Waals surface area contributed by atoms with Crippen LogP contribution in [0.25, 0.3) is 0 Å². The summed E-state index contributed by atoms with van der Waals surface area (Å²) in [6.07, 6.45) is 54.9. The summed E-state index contributed by atoms with van der Waals surface area (Å²) < 4.78 is 60.4. The lowest BCUT2D eigenvalue weighted by molar-refractivity contribution is -0.432. The van der Waals surface area contributed by atoms with Crippen LogP contribution in [0.1, 0.15) is 364 Å². The van der Waals surface area contributed by atoms with Crippen molar-refractivity contribution in [3.8, 4) is 0 Å². The van der Waals surface area contributed by atoms with E-state index in [9.17, 15) is 0 Å². The van der Waals surface area contributed by atoms with Crippen molar-refractivity contribution in [3.63, 3.8) is 0 Å². The van der Waals surface area contributed by atoms with Crippen LogP contribution in [-0.2, 0) is 42.6 Å². The Bertz CT molecular complexity index is 939. The van der Waals surface area contributed by atoms with Crippen molar-refractivity contribution in [1.29, 1.82) is 0 Å². The monoisotopic (exact) mass is 1070 g/mol. The molecule has 0 saturated heterocycles. The Kier molecular flexibility index (Phi) is 59.5. The number of hydrogen-bond acceptors (Lipinski definition) is 9. The Morgan fingerprint density at radius 2 is 0.453 bits per heavy atom. The average Bonchev–Trinajstić information content (AvgIpc) is 3.41.